The number of fused-ring (bicyclic) bond motifs is 1. The van der Waals surface area contributed by atoms with Gasteiger partial charge in [-0.3, -0.25) is 19.2 Å². The summed E-state index contributed by atoms with van der Waals surface area (Å²) >= 11 is 24.7. The summed E-state index contributed by atoms with van der Waals surface area (Å²) in [5.41, 5.74) is 9.22. The number of aromatic nitrogens is 1. The topological polar surface area (TPSA) is 314 Å². The highest BCUT2D eigenvalue weighted by Gasteiger charge is 2.38. The van der Waals surface area contributed by atoms with Crippen molar-refractivity contribution in [2.75, 3.05) is 0 Å². The second-order valence-electron chi connectivity index (χ2n) is 16.5. The maximum absolute atomic E-state index is 14.7. The molecule has 13 N–H and O–H groups in total. The van der Waals surface area contributed by atoms with Gasteiger partial charge in [0.05, 0.1) is 26.1 Å². The lowest BCUT2D eigenvalue weighted by molar-refractivity contribution is -0.192. The van der Waals surface area contributed by atoms with Gasteiger partial charge in [-0.2, -0.15) is 13.2 Å². The first-order chi connectivity index (χ1) is 34.8. The number of aromatic hydroxyl groups is 4. The number of H-pyrrole nitrogens is 1. The number of phenols is 4. The van der Waals surface area contributed by atoms with E-state index in [0.717, 1.165) is 0 Å². The van der Waals surface area contributed by atoms with Gasteiger partial charge in [0.2, 0.25) is 23.6 Å². The lowest BCUT2D eigenvalue weighted by Crippen LogP contribution is -2.59. The van der Waals surface area contributed by atoms with Gasteiger partial charge in [-0.15, -0.1) is 0 Å². The van der Waals surface area contributed by atoms with Gasteiger partial charge in [-0.25, -0.2) is 9.59 Å². The molecule has 74 heavy (non-hydrogen) atoms. The molecule has 6 rings (SSSR count). The van der Waals surface area contributed by atoms with E-state index in [2.05, 4.69) is 26.3 Å². The number of hydrogen-bond acceptors (Lipinski definition) is 11. The van der Waals surface area contributed by atoms with Crippen LogP contribution in [0.4, 0.5) is 13.2 Å². The van der Waals surface area contributed by atoms with Gasteiger partial charge >= 0.3 is 18.1 Å². The highest BCUT2D eigenvalue weighted by Crippen LogP contribution is 2.34. The predicted octanol–water partition coefficient (Wildman–Crippen LogP) is 6.10. The zero-order chi connectivity index (χ0) is 54.6. The molecule has 0 spiro atoms. The molecule has 0 saturated heterocycles. The maximum atomic E-state index is 14.7. The molecule has 0 unspecified atom stereocenters. The summed E-state index contributed by atoms with van der Waals surface area (Å²) < 4.78 is 31.7. The van der Waals surface area contributed by atoms with Crippen LogP contribution in [0.1, 0.15) is 27.8 Å². The van der Waals surface area contributed by atoms with Crippen molar-refractivity contribution < 1.29 is 72.6 Å². The number of carboxylic acids is 2. The standard InChI is InChI=1S/C47H44Cl4N6O10.C2HF3O2/c48-31-13-25(14-32(49)41(31)60)19-38(55-44(63)37(18-24-7-11-29(59)12-8-24)54-43(62)35(52)17-23-5-9-28(58)10-6-23)45(64)56-39(21-27-22-53-36-4-2-1-3-30(27)36)46(65)57-40(47(66)67)20-26-15-33(50)42(61)34(51)16-26;3-2(4,5)1(6)7/h1-16,22,35,37-40,53,58-61H,17-21,52H2,(H,54,62)(H,55,63)(H,56,64)(H,57,65)(H,66,67);(H,6,7)/t35-,37-,38-,39-,40-;/m0./s1. The number of aliphatic carboxylic acids is 2. The minimum absolute atomic E-state index is 0.0133. The number of carboxylic acid groups (broad SMARTS) is 2. The summed E-state index contributed by atoms with van der Waals surface area (Å²) in [4.78, 5) is 81.6. The van der Waals surface area contributed by atoms with E-state index in [0.29, 0.717) is 27.6 Å². The quantitative estimate of drug-likeness (QED) is 0.0437. The van der Waals surface area contributed by atoms with E-state index >= 15 is 0 Å². The lowest BCUT2D eigenvalue weighted by atomic mass is 9.99. The van der Waals surface area contributed by atoms with Crippen LogP contribution in [0, 0.1) is 0 Å². The van der Waals surface area contributed by atoms with Crippen LogP contribution in [-0.4, -0.2) is 108 Å². The summed E-state index contributed by atoms with van der Waals surface area (Å²) in [7, 11) is 0. The number of aromatic amines is 1. The van der Waals surface area contributed by atoms with Crippen molar-refractivity contribution in [2.45, 2.75) is 68.5 Å². The minimum atomic E-state index is -5.08. The Hall–Kier alpha value is -7.43. The van der Waals surface area contributed by atoms with Crippen molar-refractivity contribution in [1.82, 2.24) is 26.3 Å². The number of rotatable bonds is 19. The number of carbonyl (C=O) groups excluding carboxylic acids is 4. The van der Waals surface area contributed by atoms with Crippen LogP contribution in [-0.2, 0) is 60.9 Å². The summed E-state index contributed by atoms with van der Waals surface area (Å²) in [5.74, 6) is -8.55. The molecule has 1 heterocycles. The van der Waals surface area contributed by atoms with Crippen LogP contribution >= 0.6 is 46.4 Å². The van der Waals surface area contributed by atoms with Crippen LogP contribution in [0.3, 0.4) is 0 Å². The first-order valence-electron chi connectivity index (χ1n) is 21.7. The molecule has 6 aromatic rings. The third kappa shape index (κ3) is 16.3. The molecule has 25 heteroatoms. The molecule has 4 amide bonds. The van der Waals surface area contributed by atoms with E-state index < -0.39 is 83.5 Å². The predicted molar refractivity (Wildman–Crippen MR) is 266 cm³/mol. The Morgan fingerprint density at radius 3 is 1.32 bits per heavy atom. The molecular formula is C49H45Cl4F3N6O12. The number of phenolic OH excluding ortho intramolecular Hbond substituents is 4. The van der Waals surface area contributed by atoms with E-state index in [-0.39, 0.29) is 74.8 Å². The minimum Gasteiger partial charge on any atom is -0.508 e. The fourth-order valence-electron chi connectivity index (χ4n) is 7.23. The fourth-order valence-corrected chi connectivity index (χ4v) is 8.30. The van der Waals surface area contributed by atoms with E-state index in [1.54, 1.807) is 42.6 Å². The monoisotopic (exact) mass is 1110 g/mol. The molecule has 0 aliphatic carbocycles. The molecular weight excluding hydrogens is 1060 g/mol. The van der Waals surface area contributed by atoms with Crippen LogP contribution in [0.5, 0.6) is 23.0 Å². The van der Waals surface area contributed by atoms with Gasteiger partial charge in [0.25, 0.3) is 0 Å². The van der Waals surface area contributed by atoms with Crippen molar-refractivity contribution in [3.8, 4) is 23.0 Å². The summed E-state index contributed by atoms with van der Waals surface area (Å²) in [6, 6.07) is 17.1. The number of hydrogen-bond donors (Lipinski definition) is 12. The molecule has 0 bridgehead atoms. The smallest absolute Gasteiger partial charge is 0.490 e. The fraction of sp³-hybridized carbons (Fsp3) is 0.224. The molecule has 0 saturated carbocycles. The van der Waals surface area contributed by atoms with E-state index in [1.807, 2.05) is 0 Å². The van der Waals surface area contributed by atoms with Crippen molar-refractivity contribution in [1.29, 1.82) is 0 Å². The Bertz CT molecular complexity index is 2970. The molecule has 5 aromatic carbocycles. The van der Waals surface area contributed by atoms with Gasteiger partial charge < -0.3 is 62.6 Å². The molecule has 5 atom stereocenters. The lowest BCUT2D eigenvalue weighted by Gasteiger charge is -2.27. The maximum Gasteiger partial charge on any atom is 0.490 e. The Labute approximate surface area is 438 Å². The molecule has 1 aromatic heterocycles. The first kappa shape index (κ1) is 57.5. The van der Waals surface area contributed by atoms with Crippen LogP contribution in [0.15, 0.2) is 103 Å². The summed E-state index contributed by atoms with van der Waals surface area (Å²) in [6.07, 6.45) is -4.40. The Balaban J connectivity index is 0.00000135. The van der Waals surface area contributed by atoms with Crippen molar-refractivity contribution in [3.63, 3.8) is 0 Å². The zero-order valence-corrected chi connectivity index (χ0v) is 41.1. The average Bonchev–Trinajstić information content (AvgIpc) is 3.75. The SMILES string of the molecule is N[C@@H](Cc1ccc(O)cc1)C(=O)N[C@@H](Cc1ccc(O)cc1)C(=O)N[C@@H](Cc1cc(Cl)c(O)c(Cl)c1)C(=O)N[C@@H](Cc1c[nH]c2ccccc12)C(=O)N[C@@H](Cc1cc(Cl)c(O)c(Cl)c1)C(=O)O.O=C(O)C(F)(F)F. The van der Waals surface area contributed by atoms with Gasteiger partial charge in [-0.1, -0.05) is 88.9 Å². The number of nitrogens with two attached hydrogens (primary N) is 1. The third-order valence-electron chi connectivity index (χ3n) is 11.0. The Kier molecular flexibility index (Phi) is 19.8. The van der Waals surface area contributed by atoms with Crippen LogP contribution < -0.4 is 27.0 Å². The number of carbonyl (C=O) groups is 6. The van der Waals surface area contributed by atoms with Gasteiger partial charge in [0.15, 0.2) is 11.5 Å². The summed E-state index contributed by atoms with van der Waals surface area (Å²) in [6.45, 7) is 0. The number of benzene rings is 5. The number of nitrogens with one attached hydrogen (secondary N) is 5. The van der Waals surface area contributed by atoms with Crippen LogP contribution in [0.25, 0.3) is 10.9 Å². The van der Waals surface area contributed by atoms with E-state index in [9.17, 15) is 62.7 Å². The van der Waals surface area contributed by atoms with Crippen molar-refractivity contribution in [2.24, 2.45) is 5.73 Å². The largest absolute Gasteiger partial charge is 0.508 e. The third-order valence-corrected chi connectivity index (χ3v) is 12.1. The second-order valence-corrected chi connectivity index (χ2v) is 18.2. The van der Waals surface area contributed by atoms with Crippen LogP contribution in [0.2, 0.25) is 20.1 Å². The number of alkyl halides is 3. The normalized spacial score (nSPS) is 13.2. The van der Waals surface area contributed by atoms with Gasteiger partial charge in [0, 0.05) is 42.8 Å². The first-order valence-corrected chi connectivity index (χ1v) is 23.2. The molecule has 0 aliphatic rings. The van der Waals surface area contributed by atoms with E-state index in [4.69, 9.17) is 62.0 Å². The summed E-state index contributed by atoms with van der Waals surface area (Å²) in [5, 5.41) is 67.9. The molecule has 392 valence electrons. The van der Waals surface area contributed by atoms with Gasteiger partial charge in [0.1, 0.15) is 35.7 Å². The number of halogens is 7. The average molecular weight is 1110 g/mol. The second kappa shape index (κ2) is 25.5. The molecule has 0 fully saturated rings. The van der Waals surface area contributed by atoms with Gasteiger partial charge in [-0.05, 0) is 88.8 Å². The highest BCUT2D eigenvalue weighted by atomic mass is 35.5. The van der Waals surface area contributed by atoms with E-state index in [1.165, 1.54) is 60.7 Å². The van der Waals surface area contributed by atoms with Crippen molar-refractivity contribution in [3.05, 3.63) is 151 Å². The Morgan fingerprint density at radius 1 is 0.527 bits per heavy atom. The molecule has 0 radical (unpaired) electrons. The molecule has 18 nitrogen and oxygen atoms in total. The number of para-hydroxylation sites is 1. The molecule has 0 aliphatic heterocycles. The zero-order valence-electron chi connectivity index (χ0n) is 38.1. The number of amides is 4. The van der Waals surface area contributed by atoms with Crippen molar-refractivity contribution >= 4 is 92.9 Å². The Morgan fingerprint density at radius 2 is 0.892 bits per heavy atom. The highest BCUT2D eigenvalue weighted by molar-refractivity contribution is 6.37.